The number of anilines is 1. The van der Waals surface area contributed by atoms with Crippen LogP contribution in [0.1, 0.15) is 15.9 Å². The Morgan fingerprint density at radius 3 is 2.89 bits per heavy atom. The van der Waals surface area contributed by atoms with Crippen LogP contribution in [0.25, 0.3) is 0 Å². The first-order valence-electron chi connectivity index (χ1n) is 5.81. The van der Waals surface area contributed by atoms with Crippen molar-refractivity contribution in [2.24, 2.45) is 5.73 Å². The van der Waals surface area contributed by atoms with Crippen molar-refractivity contribution in [3.8, 4) is 5.75 Å². The van der Waals surface area contributed by atoms with E-state index in [1.165, 1.54) is 0 Å². The standard InChI is InChI=1S/C14H15N3O2/c1-19-13-5-4-11(14(15)18)7-12(13)17-9-10-3-2-6-16-8-10/h2-8,17H,9H2,1H3,(H2,15,18). The first-order valence-corrected chi connectivity index (χ1v) is 5.81. The van der Waals surface area contributed by atoms with Crippen molar-refractivity contribution in [3.05, 3.63) is 53.9 Å². The summed E-state index contributed by atoms with van der Waals surface area (Å²) in [7, 11) is 1.58. The Hall–Kier alpha value is -2.56. The summed E-state index contributed by atoms with van der Waals surface area (Å²) in [5.74, 6) is 0.195. The van der Waals surface area contributed by atoms with E-state index in [9.17, 15) is 4.79 Å². The molecule has 2 aromatic rings. The van der Waals surface area contributed by atoms with Crippen LogP contribution in [0.2, 0.25) is 0 Å². The number of ether oxygens (including phenoxy) is 1. The molecule has 0 aliphatic rings. The second-order valence-corrected chi connectivity index (χ2v) is 3.99. The summed E-state index contributed by atoms with van der Waals surface area (Å²) in [4.78, 5) is 15.2. The molecule has 0 saturated heterocycles. The SMILES string of the molecule is COc1ccc(C(N)=O)cc1NCc1cccnc1. The number of benzene rings is 1. The molecular weight excluding hydrogens is 242 g/mol. The summed E-state index contributed by atoms with van der Waals surface area (Å²) < 4.78 is 5.24. The molecule has 0 aliphatic carbocycles. The Labute approximate surface area is 111 Å². The van der Waals surface area contributed by atoms with Crippen LogP contribution >= 0.6 is 0 Å². The van der Waals surface area contributed by atoms with Gasteiger partial charge in [0.25, 0.3) is 0 Å². The van der Waals surface area contributed by atoms with Crippen LogP contribution in [-0.2, 0) is 6.54 Å². The summed E-state index contributed by atoms with van der Waals surface area (Å²) in [5.41, 5.74) is 7.46. The number of methoxy groups -OCH3 is 1. The van der Waals surface area contributed by atoms with Crippen molar-refractivity contribution >= 4 is 11.6 Å². The van der Waals surface area contributed by atoms with E-state index >= 15 is 0 Å². The van der Waals surface area contributed by atoms with Crippen LogP contribution < -0.4 is 15.8 Å². The molecule has 0 aliphatic heterocycles. The molecule has 0 fully saturated rings. The lowest BCUT2D eigenvalue weighted by atomic mass is 10.1. The van der Waals surface area contributed by atoms with E-state index in [0.29, 0.717) is 17.9 Å². The molecule has 1 aromatic heterocycles. The molecule has 0 atom stereocenters. The minimum absolute atomic E-state index is 0.439. The van der Waals surface area contributed by atoms with Crippen LogP contribution in [0.4, 0.5) is 5.69 Å². The van der Waals surface area contributed by atoms with Crippen LogP contribution in [0, 0.1) is 0 Å². The van der Waals surface area contributed by atoms with E-state index in [-0.39, 0.29) is 0 Å². The number of nitrogens with two attached hydrogens (primary N) is 1. The van der Waals surface area contributed by atoms with Gasteiger partial charge in [-0.05, 0) is 29.8 Å². The minimum Gasteiger partial charge on any atom is -0.495 e. The van der Waals surface area contributed by atoms with Gasteiger partial charge in [0.1, 0.15) is 5.75 Å². The first-order chi connectivity index (χ1) is 9.20. The highest BCUT2D eigenvalue weighted by atomic mass is 16.5. The molecule has 0 unspecified atom stereocenters. The average Bonchev–Trinajstić information content (AvgIpc) is 2.45. The number of amides is 1. The van der Waals surface area contributed by atoms with Crippen molar-refractivity contribution in [2.45, 2.75) is 6.54 Å². The zero-order chi connectivity index (χ0) is 13.7. The van der Waals surface area contributed by atoms with E-state index in [4.69, 9.17) is 10.5 Å². The fraction of sp³-hybridized carbons (Fsp3) is 0.143. The van der Waals surface area contributed by atoms with Gasteiger partial charge in [-0.25, -0.2) is 0 Å². The second-order valence-electron chi connectivity index (χ2n) is 3.99. The maximum absolute atomic E-state index is 11.2. The Morgan fingerprint density at radius 1 is 1.42 bits per heavy atom. The number of hydrogen-bond donors (Lipinski definition) is 2. The van der Waals surface area contributed by atoms with Gasteiger partial charge in [0.15, 0.2) is 0 Å². The average molecular weight is 257 g/mol. The van der Waals surface area contributed by atoms with Crippen molar-refractivity contribution < 1.29 is 9.53 Å². The Balaban J connectivity index is 2.18. The number of carbonyl (C=O) groups is 1. The van der Waals surface area contributed by atoms with Gasteiger partial charge in [-0.1, -0.05) is 6.07 Å². The van der Waals surface area contributed by atoms with E-state index in [1.807, 2.05) is 12.1 Å². The number of nitrogens with one attached hydrogen (secondary N) is 1. The highest BCUT2D eigenvalue weighted by molar-refractivity contribution is 5.94. The number of carbonyl (C=O) groups excluding carboxylic acids is 1. The molecule has 98 valence electrons. The fourth-order valence-corrected chi connectivity index (χ4v) is 1.70. The van der Waals surface area contributed by atoms with Crippen molar-refractivity contribution in [1.82, 2.24) is 4.98 Å². The molecule has 0 bridgehead atoms. The van der Waals surface area contributed by atoms with Gasteiger partial charge >= 0.3 is 0 Å². The second kappa shape index (κ2) is 5.86. The van der Waals surface area contributed by atoms with Gasteiger partial charge in [-0.3, -0.25) is 9.78 Å². The van der Waals surface area contributed by atoms with Crippen LogP contribution in [0.15, 0.2) is 42.7 Å². The topological polar surface area (TPSA) is 77.2 Å². The number of hydrogen-bond acceptors (Lipinski definition) is 4. The molecule has 0 saturated carbocycles. The molecule has 1 aromatic carbocycles. The van der Waals surface area contributed by atoms with Gasteiger partial charge in [0.2, 0.25) is 5.91 Å². The van der Waals surface area contributed by atoms with E-state index in [2.05, 4.69) is 10.3 Å². The van der Waals surface area contributed by atoms with Crippen LogP contribution in [0.3, 0.4) is 0 Å². The van der Waals surface area contributed by atoms with Gasteiger partial charge < -0.3 is 15.8 Å². The molecule has 1 amide bonds. The summed E-state index contributed by atoms with van der Waals surface area (Å²) >= 11 is 0. The quantitative estimate of drug-likeness (QED) is 0.856. The van der Waals surface area contributed by atoms with Crippen molar-refractivity contribution in [2.75, 3.05) is 12.4 Å². The van der Waals surface area contributed by atoms with Crippen molar-refractivity contribution in [3.63, 3.8) is 0 Å². The van der Waals surface area contributed by atoms with E-state index in [0.717, 1.165) is 11.3 Å². The molecule has 5 heteroatoms. The van der Waals surface area contributed by atoms with Crippen molar-refractivity contribution in [1.29, 1.82) is 0 Å². The lowest BCUT2D eigenvalue weighted by Crippen LogP contribution is -2.11. The summed E-state index contributed by atoms with van der Waals surface area (Å²) in [6.45, 7) is 0.590. The summed E-state index contributed by atoms with van der Waals surface area (Å²) in [6, 6.07) is 8.86. The predicted molar refractivity (Wildman–Crippen MR) is 73.1 cm³/mol. The zero-order valence-electron chi connectivity index (χ0n) is 10.6. The number of pyridine rings is 1. The normalized spacial score (nSPS) is 9.95. The smallest absolute Gasteiger partial charge is 0.248 e. The largest absolute Gasteiger partial charge is 0.495 e. The molecule has 1 heterocycles. The Kier molecular flexibility index (Phi) is 3.97. The molecule has 3 N–H and O–H groups in total. The molecule has 2 rings (SSSR count). The molecule has 19 heavy (non-hydrogen) atoms. The van der Waals surface area contributed by atoms with Crippen LogP contribution in [0.5, 0.6) is 5.75 Å². The van der Waals surface area contributed by atoms with E-state index < -0.39 is 5.91 Å². The third-order valence-electron chi connectivity index (χ3n) is 2.69. The fourth-order valence-electron chi connectivity index (χ4n) is 1.70. The van der Waals surface area contributed by atoms with Gasteiger partial charge in [0, 0.05) is 24.5 Å². The van der Waals surface area contributed by atoms with Gasteiger partial charge in [-0.2, -0.15) is 0 Å². The third kappa shape index (κ3) is 3.22. The number of rotatable bonds is 5. The lowest BCUT2D eigenvalue weighted by molar-refractivity contribution is 0.100. The lowest BCUT2D eigenvalue weighted by Gasteiger charge is -2.12. The molecular formula is C14H15N3O2. The maximum Gasteiger partial charge on any atom is 0.248 e. The molecule has 0 spiro atoms. The van der Waals surface area contributed by atoms with Crippen LogP contribution in [-0.4, -0.2) is 18.0 Å². The first kappa shape index (κ1) is 12.9. The monoisotopic (exact) mass is 257 g/mol. The zero-order valence-corrected chi connectivity index (χ0v) is 10.6. The maximum atomic E-state index is 11.2. The highest BCUT2D eigenvalue weighted by Crippen LogP contribution is 2.25. The third-order valence-corrected chi connectivity index (χ3v) is 2.69. The predicted octanol–water partition coefficient (Wildman–Crippen LogP) is 1.80. The van der Waals surface area contributed by atoms with Gasteiger partial charge in [-0.15, -0.1) is 0 Å². The summed E-state index contributed by atoms with van der Waals surface area (Å²) in [6.07, 6.45) is 3.50. The number of aromatic nitrogens is 1. The highest BCUT2D eigenvalue weighted by Gasteiger charge is 2.07. The molecule has 0 radical (unpaired) electrons. The minimum atomic E-state index is -0.466. The Bertz CT molecular complexity index is 570. The summed E-state index contributed by atoms with van der Waals surface area (Å²) in [5, 5.41) is 3.20. The van der Waals surface area contributed by atoms with E-state index in [1.54, 1.807) is 37.7 Å². The Morgan fingerprint density at radius 2 is 2.26 bits per heavy atom. The van der Waals surface area contributed by atoms with Gasteiger partial charge in [0.05, 0.1) is 12.8 Å². The number of nitrogens with zero attached hydrogens (tertiary/aromatic N) is 1. The number of primary amides is 1. The molecule has 5 nitrogen and oxygen atoms in total.